The highest BCUT2D eigenvalue weighted by molar-refractivity contribution is 8.03. The number of halogens is 2. The number of nitriles is 2. The predicted octanol–water partition coefficient (Wildman–Crippen LogP) is 3.70. The molecule has 2 N–H and O–H groups in total. The molecule has 1 aromatic rings. The molecule has 0 bridgehead atoms. The molecule has 0 spiro atoms. The Kier molecular flexibility index (Phi) is 6.20. The van der Waals surface area contributed by atoms with Crippen molar-refractivity contribution in [3.63, 3.8) is 0 Å². The van der Waals surface area contributed by atoms with E-state index in [0.29, 0.717) is 15.7 Å². The van der Waals surface area contributed by atoms with E-state index >= 15 is 0 Å². The Labute approximate surface area is 165 Å². The minimum Gasteiger partial charge on any atom is -0.325 e. The minimum atomic E-state index is -0.969. The van der Waals surface area contributed by atoms with Crippen LogP contribution in [0.5, 0.6) is 0 Å². The van der Waals surface area contributed by atoms with Crippen molar-refractivity contribution in [2.75, 3.05) is 11.1 Å². The topological polar surface area (TPSA) is 106 Å². The average molecular weight is 409 g/mol. The van der Waals surface area contributed by atoms with Gasteiger partial charge < -0.3 is 10.6 Å². The number of thioether (sulfide) groups is 1. The van der Waals surface area contributed by atoms with E-state index in [-0.39, 0.29) is 22.3 Å². The highest BCUT2D eigenvalue weighted by Crippen LogP contribution is 2.41. The summed E-state index contributed by atoms with van der Waals surface area (Å²) in [6, 6.07) is 8.62. The predicted molar refractivity (Wildman–Crippen MR) is 101 cm³/mol. The van der Waals surface area contributed by atoms with Crippen LogP contribution in [0.1, 0.15) is 13.8 Å². The Hall–Kier alpha value is -2.19. The quantitative estimate of drug-likeness (QED) is 0.789. The van der Waals surface area contributed by atoms with Gasteiger partial charge in [-0.05, 0) is 18.2 Å². The summed E-state index contributed by atoms with van der Waals surface area (Å²) in [6.07, 6.45) is 0. The summed E-state index contributed by atoms with van der Waals surface area (Å²) in [5.41, 5.74) is -0.224. The number of rotatable bonds is 4. The molecule has 0 radical (unpaired) electrons. The summed E-state index contributed by atoms with van der Waals surface area (Å²) in [4.78, 5) is 24.3. The lowest BCUT2D eigenvalue weighted by atomic mass is 9.72. The molecule has 0 saturated heterocycles. The zero-order valence-corrected chi connectivity index (χ0v) is 16.2. The van der Waals surface area contributed by atoms with Crippen LogP contribution in [-0.4, -0.2) is 17.6 Å². The van der Waals surface area contributed by atoms with Crippen molar-refractivity contribution in [2.24, 2.45) is 11.3 Å². The first-order valence-electron chi connectivity index (χ1n) is 7.43. The van der Waals surface area contributed by atoms with Gasteiger partial charge in [-0.3, -0.25) is 9.59 Å². The fourth-order valence-electron chi connectivity index (χ4n) is 2.50. The number of amides is 2. The smallest absolute Gasteiger partial charge is 0.243 e. The van der Waals surface area contributed by atoms with E-state index in [1.807, 2.05) is 12.1 Å². The number of allylic oxidation sites excluding steroid dienone is 1. The molecule has 1 heterocycles. The maximum Gasteiger partial charge on any atom is 0.243 e. The van der Waals surface area contributed by atoms with E-state index in [2.05, 4.69) is 10.6 Å². The van der Waals surface area contributed by atoms with Gasteiger partial charge in [-0.1, -0.05) is 48.8 Å². The number of carbonyl (C=O) groups excluding carboxylic acids is 2. The first-order valence-corrected chi connectivity index (χ1v) is 9.17. The van der Waals surface area contributed by atoms with E-state index in [0.717, 1.165) is 11.8 Å². The minimum absolute atomic E-state index is 0.0434. The summed E-state index contributed by atoms with van der Waals surface area (Å²) in [5, 5.41) is 24.9. The normalized spacial score (nSPS) is 18.5. The molecule has 2 rings (SSSR count). The van der Waals surface area contributed by atoms with E-state index in [1.165, 1.54) is 0 Å². The van der Waals surface area contributed by atoms with Crippen LogP contribution in [-0.2, 0) is 9.59 Å². The molecule has 1 aliphatic rings. The average Bonchev–Trinajstić information content (AvgIpc) is 2.51. The summed E-state index contributed by atoms with van der Waals surface area (Å²) in [5.74, 6) is -1.85. The van der Waals surface area contributed by atoms with Gasteiger partial charge in [-0.2, -0.15) is 10.5 Å². The van der Waals surface area contributed by atoms with Gasteiger partial charge >= 0.3 is 0 Å². The van der Waals surface area contributed by atoms with Crippen LogP contribution in [0.4, 0.5) is 5.69 Å². The largest absolute Gasteiger partial charge is 0.325 e. The van der Waals surface area contributed by atoms with Crippen LogP contribution in [0.15, 0.2) is 28.8 Å². The zero-order chi connectivity index (χ0) is 19.5. The van der Waals surface area contributed by atoms with E-state index < -0.39 is 17.2 Å². The molecule has 0 saturated carbocycles. The third-order valence-corrected chi connectivity index (χ3v) is 5.26. The maximum absolute atomic E-state index is 12.1. The van der Waals surface area contributed by atoms with Gasteiger partial charge in [0, 0.05) is 21.1 Å². The first kappa shape index (κ1) is 20.1. The Morgan fingerprint density at radius 3 is 2.46 bits per heavy atom. The van der Waals surface area contributed by atoms with E-state index in [1.54, 1.807) is 32.0 Å². The van der Waals surface area contributed by atoms with Gasteiger partial charge in [0.2, 0.25) is 11.8 Å². The molecule has 134 valence electrons. The molecule has 9 heteroatoms. The molecule has 1 atom stereocenters. The van der Waals surface area contributed by atoms with Crippen molar-refractivity contribution < 1.29 is 9.59 Å². The number of anilines is 1. The third kappa shape index (κ3) is 4.31. The molecule has 0 aliphatic carbocycles. The number of benzene rings is 1. The summed E-state index contributed by atoms with van der Waals surface area (Å²) in [7, 11) is 0. The molecule has 0 unspecified atom stereocenters. The van der Waals surface area contributed by atoms with Gasteiger partial charge in [0.1, 0.15) is 5.92 Å². The van der Waals surface area contributed by atoms with Crippen molar-refractivity contribution in [1.29, 1.82) is 10.5 Å². The number of hydrogen-bond donors (Lipinski definition) is 2. The lowest BCUT2D eigenvalue weighted by Crippen LogP contribution is -2.44. The second-order valence-corrected chi connectivity index (χ2v) is 7.94. The molecule has 0 aromatic heterocycles. The maximum atomic E-state index is 12.1. The standard InChI is InChI=1S/C17H14Cl2N4O2S/c1-17(2)12(6-20)15(25)23-16(13(17)7-21)26-8-14(24)22-11-4-9(18)3-10(19)5-11/h3-5,12H,8H2,1-2H3,(H,22,24)(H,23,25)/t12-/m0/s1. The van der Waals surface area contributed by atoms with E-state index in [9.17, 15) is 20.1 Å². The van der Waals surface area contributed by atoms with Crippen LogP contribution in [0.3, 0.4) is 0 Å². The summed E-state index contributed by atoms with van der Waals surface area (Å²) >= 11 is 12.8. The molecule has 0 fully saturated rings. The molecular weight excluding hydrogens is 395 g/mol. The number of carbonyl (C=O) groups is 2. The zero-order valence-electron chi connectivity index (χ0n) is 13.9. The molecule has 6 nitrogen and oxygen atoms in total. The second-order valence-electron chi connectivity index (χ2n) is 6.08. The lowest BCUT2D eigenvalue weighted by Gasteiger charge is -2.34. The van der Waals surface area contributed by atoms with Gasteiger partial charge in [-0.15, -0.1) is 0 Å². The van der Waals surface area contributed by atoms with Crippen LogP contribution in [0, 0.1) is 34.0 Å². The monoisotopic (exact) mass is 408 g/mol. The van der Waals surface area contributed by atoms with Crippen LogP contribution in [0.2, 0.25) is 10.0 Å². The van der Waals surface area contributed by atoms with Crippen molar-refractivity contribution in [2.45, 2.75) is 13.8 Å². The van der Waals surface area contributed by atoms with Gasteiger partial charge in [-0.25, -0.2) is 0 Å². The van der Waals surface area contributed by atoms with Crippen LogP contribution < -0.4 is 10.6 Å². The molecule has 1 aromatic carbocycles. The Bertz CT molecular complexity index is 863. The van der Waals surface area contributed by atoms with Crippen LogP contribution in [0.25, 0.3) is 0 Å². The van der Waals surface area contributed by atoms with Crippen LogP contribution >= 0.6 is 35.0 Å². The first-order chi connectivity index (χ1) is 12.2. The Balaban J connectivity index is 2.13. The highest BCUT2D eigenvalue weighted by Gasteiger charge is 2.44. The van der Waals surface area contributed by atoms with E-state index in [4.69, 9.17) is 23.2 Å². The SMILES string of the molecule is CC1(C)C(C#N)=C(SCC(=O)Nc2cc(Cl)cc(Cl)c2)NC(=O)[C@@H]1C#N. The summed E-state index contributed by atoms with van der Waals surface area (Å²) < 4.78 is 0. The van der Waals surface area contributed by atoms with Gasteiger partial charge in [0.25, 0.3) is 0 Å². The lowest BCUT2D eigenvalue weighted by molar-refractivity contribution is -0.125. The number of nitrogens with zero attached hydrogens (tertiary/aromatic N) is 2. The second kappa shape index (κ2) is 8.01. The number of hydrogen-bond acceptors (Lipinski definition) is 5. The molecule has 2 amide bonds. The van der Waals surface area contributed by atoms with Gasteiger partial charge in [0.15, 0.2) is 0 Å². The highest BCUT2D eigenvalue weighted by atomic mass is 35.5. The van der Waals surface area contributed by atoms with Gasteiger partial charge in [0.05, 0.1) is 28.5 Å². The molecule has 26 heavy (non-hydrogen) atoms. The molecule has 1 aliphatic heterocycles. The third-order valence-electron chi connectivity index (χ3n) is 3.83. The fraction of sp³-hybridized carbons (Fsp3) is 0.294. The summed E-state index contributed by atoms with van der Waals surface area (Å²) in [6.45, 7) is 3.32. The van der Waals surface area contributed by atoms with Crippen molar-refractivity contribution in [3.05, 3.63) is 38.8 Å². The van der Waals surface area contributed by atoms with Crippen molar-refractivity contribution in [3.8, 4) is 12.1 Å². The number of nitrogens with one attached hydrogen (secondary N) is 2. The van der Waals surface area contributed by atoms with Crippen molar-refractivity contribution >= 4 is 52.5 Å². The Morgan fingerprint density at radius 1 is 1.31 bits per heavy atom. The van der Waals surface area contributed by atoms with Crippen molar-refractivity contribution in [1.82, 2.24) is 5.32 Å². The fourth-order valence-corrected chi connectivity index (χ4v) is 3.99. The Morgan fingerprint density at radius 2 is 1.92 bits per heavy atom. The molecular formula is C17H14Cl2N4O2S.